The third kappa shape index (κ3) is 2.04. The molecule has 1 aliphatic rings. The van der Waals surface area contributed by atoms with Gasteiger partial charge >= 0.3 is 6.01 Å². The van der Waals surface area contributed by atoms with Crippen LogP contribution < -0.4 is 10.6 Å². The summed E-state index contributed by atoms with van der Waals surface area (Å²) < 4.78 is 5.02. The summed E-state index contributed by atoms with van der Waals surface area (Å²) >= 11 is 0. The van der Waals surface area contributed by atoms with Crippen molar-refractivity contribution in [1.82, 2.24) is 15.5 Å². The highest BCUT2D eigenvalue weighted by atomic mass is 16.5. The molecule has 2 unspecified atom stereocenters. The Balaban J connectivity index is 1.95. The molecule has 0 bridgehead atoms. The molecule has 0 radical (unpaired) electrons. The predicted octanol–water partition coefficient (Wildman–Crippen LogP) is 0.930. The molecule has 1 saturated heterocycles. The van der Waals surface area contributed by atoms with Gasteiger partial charge in [0.05, 0.1) is 0 Å². The standard InChI is InChI=1S/C9H16N4O/c1-6-8(4-3-5-10-6)12-9-11-7(2)13-14-9/h6,8,10H,3-5H2,1-2H3,(H,11,12,13). The van der Waals surface area contributed by atoms with E-state index >= 15 is 0 Å². The topological polar surface area (TPSA) is 63.0 Å². The minimum absolute atomic E-state index is 0.392. The number of nitrogens with zero attached hydrogens (tertiary/aromatic N) is 2. The molecule has 2 N–H and O–H groups in total. The smallest absolute Gasteiger partial charge is 0.321 e. The molecule has 0 spiro atoms. The van der Waals surface area contributed by atoms with Crippen molar-refractivity contribution in [2.45, 2.75) is 38.8 Å². The molecule has 14 heavy (non-hydrogen) atoms. The summed E-state index contributed by atoms with van der Waals surface area (Å²) in [6, 6.07) is 1.38. The summed E-state index contributed by atoms with van der Waals surface area (Å²) in [5.41, 5.74) is 0. The van der Waals surface area contributed by atoms with Gasteiger partial charge in [-0.05, 0) is 33.2 Å². The van der Waals surface area contributed by atoms with Crippen LogP contribution in [0.4, 0.5) is 6.01 Å². The molecule has 1 fully saturated rings. The molecule has 1 aromatic rings. The third-order valence-corrected chi connectivity index (χ3v) is 2.60. The van der Waals surface area contributed by atoms with Crippen LogP contribution in [0.3, 0.4) is 0 Å². The SMILES string of the molecule is Cc1noc(NC2CCCNC2C)n1. The zero-order valence-corrected chi connectivity index (χ0v) is 8.58. The Kier molecular flexibility index (Phi) is 2.67. The second-order valence-electron chi connectivity index (χ2n) is 3.78. The molecule has 78 valence electrons. The molecule has 2 heterocycles. The van der Waals surface area contributed by atoms with Crippen LogP contribution in [-0.4, -0.2) is 28.8 Å². The first-order chi connectivity index (χ1) is 6.75. The average Bonchev–Trinajstić information content (AvgIpc) is 2.56. The molecule has 2 atom stereocenters. The van der Waals surface area contributed by atoms with Gasteiger partial charge in [-0.1, -0.05) is 5.16 Å². The Bertz CT molecular complexity index is 299. The van der Waals surface area contributed by atoms with Crippen LogP contribution in [0.25, 0.3) is 0 Å². The van der Waals surface area contributed by atoms with Crippen LogP contribution in [-0.2, 0) is 0 Å². The second kappa shape index (κ2) is 3.96. The van der Waals surface area contributed by atoms with Crippen LogP contribution >= 0.6 is 0 Å². The normalized spacial score (nSPS) is 27.6. The number of aryl methyl sites for hydroxylation is 1. The first kappa shape index (κ1) is 9.45. The molecule has 5 heteroatoms. The molecule has 0 amide bonds. The van der Waals surface area contributed by atoms with Gasteiger partial charge in [-0.25, -0.2) is 0 Å². The van der Waals surface area contributed by atoms with Crippen molar-refractivity contribution in [3.63, 3.8) is 0 Å². The van der Waals surface area contributed by atoms with E-state index in [9.17, 15) is 0 Å². The maximum absolute atomic E-state index is 5.02. The number of hydrogen-bond donors (Lipinski definition) is 2. The minimum Gasteiger partial charge on any atom is -0.333 e. The van der Waals surface area contributed by atoms with Gasteiger partial charge < -0.3 is 15.2 Å². The van der Waals surface area contributed by atoms with Crippen LogP contribution in [0.1, 0.15) is 25.6 Å². The van der Waals surface area contributed by atoms with Crippen molar-refractivity contribution in [2.24, 2.45) is 0 Å². The van der Waals surface area contributed by atoms with Gasteiger partial charge in [0.25, 0.3) is 0 Å². The van der Waals surface area contributed by atoms with E-state index in [0.29, 0.717) is 23.9 Å². The third-order valence-electron chi connectivity index (χ3n) is 2.60. The van der Waals surface area contributed by atoms with E-state index in [1.165, 1.54) is 6.42 Å². The fourth-order valence-electron chi connectivity index (χ4n) is 1.76. The van der Waals surface area contributed by atoms with E-state index < -0.39 is 0 Å². The number of rotatable bonds is 2. The van der Waals surface area contributed by atoms with E-state index in [2.05, 4.69) is 27.7 Å². The van der Waals surface area contributed by atoms with Crippen LogP contribution in [0.5, 0.6) is 0 Å². The van der Waals surface area contributed by atoms with Crippen LogP contribution in [0.15, 0.2) is 4.52 Å². The zero-order chi connectivity index (χ0) is 9.97. The summed E-state index contributed by atoms with van der Waals surface area (Å²) in [7, 11) is 0. The van der Waals surface area contributed by atoms with Crippen molar-refractivity contribution in [3.8, 4) is 0 Å². The average molecular weight is 196 g/mol. The summed E-state index contributed by atoms with van der Waals surface area (Å²) in [6.07, 6.45) is 2.34. The Morgan fingerprint density at radius 3 is 3.07 bits per heavy atom. The van der Waals surface area contributed by atoms with Crippen molar-refractivity contribution >= 4 is 6.01 Å². The number of nitrogens with one attached hydrogen (secondary N) is 2. The second-order valence-corrected chi connectivity index (χ2v) is 3.78. The lowest BCUT2D eigenvalue weighted by Crippen LogP contribution is -2.46. The van der Waals surface area contributed by atoms with Gasteiger partial charge in [0, 0.05) is 12.1 Å². The molecule has 2 rings (SSSR count). The van der Waals surface area contributed by atoms with Crippen LogP contribution in [0.2, 0.25) is 0 Å². The van der Waals surface area contributed by atoms with Crippen molar-refractivity contribution in [2.75, 3.05) is 11.9 Å². The van der Waals surface area contributed by atoms with Gasteiger partial charge in [-0.15, -0.1) is 0 Å². The number of piperidine rings is 1. The number of aromatic nitrogens is 2. The predicted molar refractivity (Wildman–Crippen MR) is 53.1 cm³/mol. The Labute approximate surface area is 83.3 Å². The van der Waals surface area contributed by atoms with E-state index in [0.717, 1.165) is 13.0 Å². The first-order valence-electron chi connectivity index (χ1n) is 5.06. The zero-order valence-electron chi connectivity index (χ0n) is 8.58. The molecule has 1 aliphatic heterocycles. The lowest BCUT2D eigenvalue weighted by molar-refractivity contribution is 0.368. The summed E-state index contributed by atoms with van der Waals surface area (Å²) in [5.74, 6) is 0.670. The number of anilines is 1. The Morgan fingerprint density at radius 1 is 1.57 bits per heavy atom. The van der Waals surface area contributed by atoms with Gasteiger partial charge in [0.1, 0.15) is 0 Å². The van der Waals surface area contributed by atoms with Gasteiger partial charge in [-0.2, -0.15) is 4.98 Å². The Morgan fingerprint density at radius 2 is 2.43 bits per heavy atom. The number of hydrogen-bond acceptors (Lipinski definition) is 5. The van der Waals surface area contributed by atoms with Crippen molar-refractivity contribution in [1.29, 1.82) is 0 Å². The Hall–Kier alpha value is -1.10. The fraction of sp³-hybridized carbons (Fsp3) is 0.778. The highest BCUT2D eigenvalue weighted by Gasteiger charge is 2.21. The summed E-state index contributed by atoms with van der Waals surface area (Å²) in [5, 5.41) is 10.4. The lowest BCUT2D eigenvalue weighted by atomic mass is 10.0. The quantitative estimate of drug-likeness (QED) is 0.736. The lowest BCUT2D eigenvalue weighted by Gasteiger charge is -2.29. The molecular formula is C9H16N4O. The summed E-state index contributed by atoms with van der Waals surface area (Å²) in [4.78, 5) is 4.12. The largest absolute Gasteiger partial charge is 0.333 e. The van der Waals surface area contributed by atoms with Crippen molar-refractivity contribution in [3.05, 3.63) is 5.82 Å². The first-order valence-corrected chi connectivity index (χ1v) is 5.06. The highest BCUT2D eigenvalue weighted by molar-refractivity contribution is 5.21. The van der Waals surface area contributed by atoms with E-state index in [1.807, 2.05) is 6.92 Å². The van der Waals surface area contributed by atoms with E-state index in [4.69, 9.17) is 4.52 Å². The molecule has 0 saturated carbocycles. The minimum atomic E-state index is 0.392. The maximum Gasteiger partial charge on any atom is 0.321 e. The van der Waals surface area contributed by atoms with E-state index in [-0.39, 0.29) is 0 Å². The van der Waals surface area contributed by atoms with Gasteiger partial charge in [0.15, 0.2) is 5.82 Å². The molecular weight excluding hydrogens is 180 g/mol. The maximum atomic E-state index is 5.02. The van der Waals surface area contributed by atoms with Gasteiger partial charge in [-0.3, -0.25) is 0 Å². The highest BCUT2D eigenvalue weighted by Crippen LogP contribution is 2.14. The molecule has 0 aliphatic carbocycles. The van der Waals surface area contributed by atoms with Crippen molar-refractivity contribution < 1.29 is 4.52 Å². The van der Waals surface area contributed by atoms with E-state index in [1.54, 1.807) is 0 Å². The molecule has 1 aromatic heterocycles. The molecule has 0 aromatic carbocycles. The van der Waals surface area contributed by atoms with Gasteiger partial charge in [0.2, 0.25) is 0 Å². The summed E-state index contributed by atoms with van der Waals surface area (Å²) in [6.45, 7) is 5.08. The van der Waals surface area contributed by atoms with Crippen LogP contribution in [0, 0.1) is 6.92 Å². The monoisotopic (exact) mass is 196 g/mol. The fourth-order valence-corrected chi connectivity index (χ4v) is 1.76. The molecule has 5 nitrogen and oxygen atoms in total.